The molecule has 3 rings (SSSR count). The van der Waals surface area contributed by atoms with Crippen LogP contribution in [0.25, 0.3) is 0 Å². The van der Waals surface area contributed by atoms with Crippen LogP contribution < -0.4 is 16.0 Å². The molecule has 2 heterocycles. The standard InChI is InChI=1S/C38H60FN5O8.C2HF3O2/c1-9-24(4)32(43(6)35(47)31(23(2)3)42-37(50)38(39)17-18-40-22-38)29(51-7)21-30(45)44-19-13-16-28(44)33(52-8)25(5)34(46)41-27(36(48)49)20-26-14-11-10-12-15-26;3-2(4,5)1(6)7/h10-12,14-15,23-25,27-29,31-33,40H,9,13,16-22H2,1-8H3,(H,41,46)(H,42,50)(H,48,49);(H,6,7)/t24-,25+,27-,28-,29+,31-,32-,33+,38+;/m0./s1. The second-order valence-electron chi connectivity index (χ2n) is 15.6. The van der Waals surface area contributed by atoms with Crippen LogP contribution in [0.1, 0.15) is 72.3 Å². The summed E-state index contributed by atoms with van der Waals surface area (Å²) in [5, 5.41) is 25.2. The maximum Gasteiger partial charge on any atom is 0.490 e. The van der Waals surface area contributed by atoms with E-state index in [9.17, 15) is 42.3 Å². The molecule has 15 nitrogen and oxygen atoms in total. The van der Waals surface area contributed by atoms with Crippen LogP contribution in [0, 0.1) is 17.8 Å². The normalized spacial score (nSPS) is 21.5. The second kappa shape index (κ2) is 22.9. The number of ether oxygens (including phenoxy) is 2. The van der Waals surface area contributed by atoms with Crippen LogP contribution in [0.4, 0.5) is 17.6 Å². The molecule has 0 bridgehead atoms. The van der Waals surface area contributed by atoms with Gasteiger partial charge in [-0.2, -0.15) is 13.2 Å². The van der Waals surface area contributed by atoms with Crippen LogP contribution >= 0.6 is 0 Å². The molecule has 5 N–H and O–H groups in total. The number of benzene rings is 1. The number of likely N-dealkylation sites (N-methyl/N-ethyl adjacent to an activating group) is 1. The Morgan fingerprint density at radius 2 is 1.63 bits per heavy atom. The van der Waals surface area contributed by atoms with E-state index in [2.05, 4.69) is 16.0 Å². The molecule has 0 aliphatic carbocycles. The summed E-state index contributed by atoms with van der Waals surface area (Å²) in [6.45, 7) is 9.89. The average Bonchev–Trinajstić information content (AvgIpc) is 3.86. The van der Waals surface area contributed by atoms with Gasteiger partial charge >= 0.3 is 18.1 Å². The van der Waals surface area contributed by atoms with Crippen molar-refractivity contribution in [3.05, 3.63) is 35.9 Å². The Labute approximate surface area is 342 Å². The minimum Gasteiger partial charge on any atom is -0.480 e. The van der Waals surface area contributed by atoms with Crippen molar-refractivity contribution in [2.45, 2.75) is 121 Å². The van der Waals surface area contributed by atoms with Crippen LogP contribution in [0.5, 0.6) is 0 Å². The van der Waals surface area contributed by atoms with E-state index in [1.807, 2.05) is 19.9 Å². The molecule has 0 aromatic heterocycles. The monoisotopic (exact) mass is 847 g/mol. The van der Waals surface area contributed by atoms with Crippen LogP contribution in [-0.4, -0.2) is 145 Å². The molecule has 2 fully saturated rings. The number of amides is 4. The first-order valence-corrected chi connectivity index (χ1v) is 19.7. The largest absolute Gasteiger partial charge is 0.490 e. The van der Waals surface area contributed by atoms with Gasteiger partial charge in [0, 0.05) is 47.2 Å². The summed E-state index contributed by atoms with van der Waals surface area (Å²) in [5.41, 5.74) is -1.32. The Bertz CT molecular complexity index is 1560. The van der Waals surface area contributed by atoms with Gasteiger partial charge in [0.2, 0.25) is 23.4 Å². The number of halogens is 4. The van der Waals surface area contributed by atoms with E-state index in [1.165, 1.54) is 19.1 Å². The maximum atomic E-state index is 15.3. The summed E-state index contributed by atoms with van der Waals surface area (Å²) >= 11 is 0. The highest BCUT2D eigenvalue weighted by atomic mass is 19.4. The molecule has 19 heteroatoms. The van der Waals surface area contributed by atoms with Crippen molar-refractivity contribution in [2.75, 3.05) is 40.9 Å². The van der Waals surface area contributed by atoms with Crippen molar-refractivity contribution in [3.8, 4) is 0 Å². The van der Waals surface area contributed by atoms with Gasteiger partial charge in [-0.15, -0.1) is 0 Å². The number of aliphatic carboxylic acids is 2. The molecule has 2 aliphatic heterocycles. The van der Waals surface area contributed by atoms with E-state index in [4.69, 9.17) is 19.4 Å². The number of likely N-dealkylation sites (tertiary alicyclic amines) is 1. The van der Waals surface area contributed by atoms with Crippen molar-refractivity contribution >= 4 is 35.6 Å². The van der Waals surface area contributed by atoms with Gasteiger partial charge in [0.05, 0.1) is 36.6 Å². The highest BCUT2D eigenvalue weighted by molar-refractivity contribution is 5.92. The van der Waals surface area contributed by atoms with E-state index < -0.39 is 83.8 Å². The summed E-state index contributed by atoms with van der Waals surface area (Å²) in [7, 11) is 4.60. The van der Waals surface area contributed by atoms with Crippen molar-refractivity contribution < 1.29 is 66.0 Å². The number of nitrogens with zero attached hydrogens (tertiary/aromatic N) is 2. The first kappa shape index (κ1) is 50.8. The Hall–Kier alpha value is -4.36. The zero-order valence-electron chi connectivity index (χ0n) is 35.0. The van der Waals surface area contributed by atoms with Crippen LogP contribution in [0.15, 0.2) is 30.3 Å². The molecule has 0 saturated carbocycles. The van der Waals surface area contributed by atoms with E-state index >= 15 is 4.39 Å². The number of carboxylic acids is 2. The highest BCUT2D eigenvalue weighted by Crippen LogP contribution is 2.30. The molecule has 4 amide bonds. The van der Waals surface area contributed by atoms with Gasteiger partial charge < -0.3 is 45.4 Å². The molecule has 1 aromatic rings. The number of nitrogens with one attached hydrogen (secondary N) is 3. The topological polar surface area (TPSA) is 204 Å². The number of methoxy groups -OCH3 is 2. The van der Waals surface area contributed by atoms with E-state index in [-0.39, 0.29) is 43.6 Å². The Morgan fingerprint density at radius 3 is 2.10 bits per heavy atom. The summed E-state index contributed by atoms with van der Waals surface area (Å²) in [6, 6.07) is 5.90. The molecule has 0 unspecified atom stereocenters. The number of hydrogen-bond acceptors (Lipinski definition) is 9. The van der Waals surface area contributed by atoms with Gasteiger partial charge in [-0.25, -0.2) is 14.0 Å². The molecule has 0 spiro atoms. The quantitative estimate of drug-likeness (QED) is 0.128. The fourth-order valence-electron chi connectivity index (χ4n) is 7.52. The molecule has 2 aliphatic rings. The molecule has 59 heavy (non-hydrogen) atoms. The second-order valence-corrected chi connectivity index (χ2v) is 15.6. The number of alkyl halides is 4. The number of hydrogen-bond donors (Lipinski definition) is 5. The van der Waals surface area contributed by atoms with Crippen molar-refractivity contribution in [2.24, 2.45) is 17.8 Å². The van der Waals surface area contributed by atoms with Crippen LogP contribution in [0.2, 0.25) is 0 Å². The van der Waals surface area contributed by atoms with Gasteiger partial charge in [-0.05, 0) is 36.8 Å². The third-order valence-corrected chi connectivity index (χ3v) is 11.1. The fraction of sp³-hybridized carbons (Fsp3) is 0.700. The third kappa shape index (κ3) is 14.1. The first-order valence-electron chi connectivity index (χ1n) is 19.7. The molecule has 9 atom stereocenters. The zero-order valence-corrected chi connectivity index (χ0v) is 35.0. The van der Waals surface area contributed by atoms with Crippen molar-refractivity contribution in [1.82, 2.24) is 25.8 Å². The summed E-state index contributed by atoms with van der Waals surface area (Å²) in [4.78, 5) is 78.7. The third-order valence-electron chi connectivity index (χ3n) is 11.1. The maximum absolute atomic E-state index is 15.3. The van der Waals surface area contributed by atoms with E-state index in [0.29, 0.717) is 32.4 Å². The Kier molecular flexibility index (Phi) is 19.7. The SMILES string of the molecule is CC[C@H](C)[C@@H]([C@@H](CC(=O)N1CCC[C@H]1[C@H](OC)[C@@H](C)C(=O)N[C@@H](Cc1ccccc1)C(=O)O)OC)N(C)C(=O)[C@@H](NC(=O)[C@@]1(F)CCNC1)C(C)C.O=C(O)C(F)(F)F. The van der Waals surface area contributed by atoms with Crippen LogP contribution in [-0.2, 0) is 44.7 Å². The van der Waals surface area contributed by atoms with Gasteiger partial charge in [0.1, 0.15) is 12.1 Å². The lowest BCUT2D eigenvalue weighted by atomic mass is 9.89. The lowest BCUT2D eigenvalue weighted by Crippen LogP contribution is -2.59. The number of carbonyl (C=O) groups is 6. The van der Waals surface area contributed by atoms with E-state index in [1.54, 1.807) is 57.0 Å². The summed E-state index contributed by atoms with van der Waals surface area (Å²) in [6.07, 6.45) is -4.50. The molecule has 0 radical (unpaired) electrons. The number of rotatable bonds is 19. The molecule has 1 aromatic carbocycles. The predicted octanol–water partition coefficient (Wildman–Crippen LogP) is 3.19. The smallest absolute Gasteiger partial charge is 0.480 e. The molecular weight excluding hydrogens is 786 g/mol. The van der Waals surface area contributed by atoms with Gasteiger partial charge in [0.25, 0.3) is 5.91 Å². The van der Waals surface area contributed by atoms with Gasteiger partial charge in [-0.1, -0.05) is 71.4 Å². The number of carboxylic acid groups (broad SMARTS) is 2. The summed E-state index contributed by atoms with van der Waals surface area (Å²) < 4.78 is 58.8. The predicted molar refractivity (Wildman–Crippen MR) is 208 cm³/mol. The van der Waals surface area contributed by atoms with Crippen molar-refractivity contribution in [1.29, 1.82) is 0 Å². The minimum atomic E-state index is -5.08. The molecule has 2 saturated heterocycles. The average molecular weight is 848 g/mol. The Morgan fingerprint density at radius 1 is 1.02 bits per heavy atom. The molecular formula is C40H61F4N5O10. The highest BCUT2D eigenvalue weighted by Gasteiger charge is 2.46. The minimum absolute atomic E-state index is 0.0268. The van der Waals surface area contributed by atoms with Crippen molar-refractivity contribution in [3.63, 3.8) is 0 Å². The van der Waals surface area contributed by atoms with E-state index in [0.717, 1.165) is 5.56 Å². The molecule has 334 valence electrons. The van der Waals surface area contributed by atoms with Gasteiger partial charge in [-0.3, -0.25) is 19.2 Å². The number of carbonyl (C=O) groups excluding carboxylic acids is 4. The fourth-order valence-corrected chi connectivity index (χ4v) is 7.52. The lowest BCUT2D eigenvalue weighted by Gasteiger charge is -2.41. The first-order chi connectivity index (χ1) is 27.5. The van der Waals surface area contributed by atoms with Crippen LogP contribution in [0.3, 0.4) is 0 Å². The Balaban J connectivity index is 0.00000157. The zero-order chi connectivity index (χ0) is 44.8. The lowest BCUT2D eigenvalue weighted by molar-refractivity contribution is -0.192. The van der Waals surface area contributed by atoms with Gasteiger partial charge in [0.15, 0.2) is 0 Å². The summed E-state index contributed by atoms with van der Waals surface area (Å²) in [5.74, 6) is -7.06.